The van der Waals surface area contributed by atoms with Crippen LogP contribution in [0.4, 0.5) is 5.69 Å². The Morgan fingerprint density at radius 1 is 1.04 bits per heavy atom. The number of hydrogen-bond donors (Lipinski definition) is 1. The lowest BCUT2D eigenvalue weighted by atomic mass is 9.99. The molecule has 0 fully saturated rings. The molecule has 2 aromatic carbocycles. The Balaban J connectivity index is 1.90. The van der Waals surface area contributed by atoms with Gasteiger partial charge in [-0.05, 0) is 55.2 Å². The second kappa shape index (κ2) is 10.3. The van der Waals surface area contributed by atoms with Gasteiger partial charge in [0.05, 0.1) is 19.3 Å². The van der Waals surface area contributed by atoms with Gasteiger partial charge in [-0.15, -0.1) is 0 Å². The van der Waals surface area contributed by atoms with Gasteiger partial charge in [0.25, 0.3) is 5.91 Å². The van der Waals surface area contributed by atoms with Gasteiger partial charge in [0.2, 0.25) is 0 Å². The maximum absolute atomic E-state index is 12.2. The number of benzene rings is 2. The molecule has 2 rings (SSSR count). The van der Waals surface area contributed by atoms with Gasteiger partial charge in [0, 0.05) is 5.69 Å². The van der Waals surface area contributed by atoms with Crippen LogP contribution in [-0.2, 0) is 9.53 Å². The summed E-state index contributed by atoms with van der Waals surface area (Å²) in [6.07, 6.45) is 1.05. The topological polar surface area (TPSA) is 73.9 Å². The van der Waals surface area contributed by atoms with E-state index in [4.69, 9.17) is 14.2 Å². The fourth-order valence-electron chi connectivity index (χ4n) is 2.61. The maximum atomic E-state index is 12.2. The fraction of sp³-hybridized carbons (Fsp3) is 0.364. The standard InChI is InChI=1S/C22H27NO5/c1-5-15(3)16-7-10-18(11-8-16)23-21(24)14-28-22(25)17-9-12-19(27-6-2)20(13-17)26-4/h7-13,15H,5-6,14H2,1-4H3,(H,23,24)/t15-/m1/s1. The molecule has 1 N–H and O–H groups in total. The Morgan fingerprint density at radius 3 is 2.36 bits per heavy atom. The average molecular weight is 385 g/mol. The molecule has 0 aromatic heterocycles. The van der Waals surface area contributed by atoms with Crippen molar-refractivity contribution in [3.8, 4) is 11.5 Å². The summed E-state index contributed by atoms with van der Waals surface area (Å²) in [4.78, 5) is 24.2. The highest BCUT2D eigenvalue weighted by Gasteiger charge is 2.14. The molecule has 0 heterocycles. The number of esters is 1. The van der Waals surface area contributed by atoms with E-state index in [1.807, 2.05) is 31.2 Å². The van der Waals surface area contributed by atoms with Gasteiger partial charge >= 0.3 is 5.97 Å². The molecular weight excluding hydrogens is 358 g/mol. The summed E-state index contributed by atoms with van der Waals surface area (Å²) < 4.78 is 15.7. The average Bonchev–Trinajstić information content (AvgIpc) is 2.72. The molecule has 150 valence electrons. The van der Waals surface area contributed by atoms with Crippen molar-refractivity contribution in [1.82, 2.24) is 0 Å². The molecule has 0 saturated heterocycles. The molecule has 2 aromatic rings. The minimum absolute atomic E-state index is 0.283. The molecule has 6 heteroatoms. The van der Waals surface area contributed by atoms with Crippen molar-refractivity contribution in [2.24, 2.45) is 0 Å². The van der Waals surface area contributed by atoms with E-state index in [1.165, 1.54) is 18.7 Å². The zero-order valence-electron chi connectivity index (χ0n) is 16.8. The van der Waals surface area contributed by atoms with E-state index < -0.39 is 11.9 Å². The van der Waals surface area contributed by atoms with E-state index in [0.717, 1.165) is 6.42 Å². The van der Waals surface area contributed by atoms with Crippen molar-refractivity contribution in [1.29, 1.82) is 0 Å². The molecule has 1 atom stereocenters. The van der Waals surface area contributed by atoms with Gasteiger partial charge in [-0.2, -0.15) is 0 Å². The molecule has 0 bridgehead atoms. The van der Waals surface area contributed by atoms with E-state index >= 15 is 0 Å². The minimum Gasteiger partial charge on any atom is -0.493 e. The summed E-state index contributed by atoms with van der Waals surface area (Å²) in [6, 6.07) is 12.4. The second-order valence-electron chi connectivity index (χ2n) is 6.35. The molecular formula is C22H27NO5. The Hall–Kier alpha value is -3.02. The summed E-state index contributed by atoms with van der Waals surface area (Å²) in [5.41, 5.74) is 2.17. The van der Waals surface area contributed by atoms with E-state index in [1.54, 1.807) is 12.1 Å². The van der Waals surface area contributed by atoms with Crippen molar-refractivity contribution in [2.75, 3.05) is 25.6 Å². The fourth-order valence-corrected chi connectivity index (χ4v) is 2.61. The van der Waals surface area contributed by atoms with E-state index in [-0.39, 0.29) is 12.2 Å². The lowest BCUT2D eigenvalue weighted by Gasteiger charge is -2.12. The lowest BCUT2D eigenvalue weighted by Crippen LogP contribution is -2.21. The SMILES string of the molecule is CCOc1ccc(C(=O)OCC(=O)Nc2ccc([C@H](C)CC)cc2)cc1OC. The van der Waals surface area contributed by atoms with Gasteiger partial charge in [0.1, 0.15) is 0 Å². The van der Waals surface area contributed by atoms with E-state index in [9.17, 15) is 9.59 Å². The third-order valence-electron chi connectivity index (χ3n) is 4.41. The zero-order valence-corrected chi connectivity index (χ0v) is 16.8. The molecule has 0 saturated carbocycles. The van der Waals surface area contributed by atoms with Crippen molar-refractivity contribution in [2.45, 2.75) is 33.1 Å². The molecule has 1 amide bonds. The summed E-state index contributed by atoms with van der Waals surface area (Å²) >= 11 is 0. The monoisotopic (exact) mass is 385 g/mol. The van der Waals surface area contributed by atoms with Crippen LogP contribution in [0.2, 0.25) is 0 Å². The van der Waals surface area contributed by atoms with Gasteiger partial charge < -0.3 is 19.5 Å². The van der Waals surface area contributed by atoms with E-state index in [2.05, 4.69) is 19.2 Å². The highest BCUT2D eigenvalue weighted by Crippen LogP contribution is 2.28. The summed E-state index contributed by atoms with van der Waals surface area (Å²) in [5, 5.41) is 2.72. The van der Waals surface area contributed by atoms with Crippen LogP contribution in [-0.4, -0.2) is 32.2 Å². The molecule has 0 radical (unpaired) electrons. The number of methoxy groups -OCH3 is 1. The first-order valence-electron chi connectivity index (χ1n) is 9.36. The number of hydrogen-bond acceptors (Lipinski definition) is 5. The van der Waals surface area contributed by atoms with Gasteiger partial charge in [-0.3, -0.25) is 4.79 Å². The Labute approximate surface area is 165 Å². The maximum Gasteiger partial charge on any atom is 0.338 e. The summed E-state index contributed by atoms with van der Waals surface area (Å²) in [6.45, 7) is 6.26. The number of rotatable bonds is 9. The highest BCUT2D eigenvalue weighted by atomic mass is 16.5. The summed E-state index contributed by atoms with van der Waals surface area (Å²) in [7, 11) is 1.49. The Bertz CT molecular complexity index is 801. The van der Waals surface area contributed by atoms with Gasteiger partial charge in [-0.25, -0.2) is 4.79 Å². The number of nitrogens with one attached hydrogen (secondary N) is 1. The first kappa shape index (κ1) is 21.3. The molecule has 0 aliphatic carbocycles. The van der Waals surface area contributed by atoms with Gasteiger partial charge in [-0.1, -0.05) is 26.0 Å². The Morgan fingerprint density at radius 2 is 1.75 bits per heavy atom. The molecule has 6 nitrogen and oxygen atoms in total. The van der Waals surface area contributed by atoms with Gasteiger partial charge in [0.15, 0.2) is 18.1 Å². The quantitative estimate of drug-likeness (QED) is 0.648. The van der Waals surface area contributed by atoms with Crippen LogP contribution >= 0.6 is 0 Å². The number of carbonyl (C=O) groups excluding carboxylic acids is 2. The normalized spacial score (nSPS) is 11.4. The smallest absolute Gasteiger partial charge is 0.338 e. The largest absolute Gasteiger partial charge is 0.493 e. The van der Waals surface area contributed by atoms with E-state index in [0.29, 0.717) is 29.7 Å². The predicted octanol–water partition coefficient (Wildman–Crippen LogP) is 4.40. The lowest BCUT2D eigenvalue weighted by molar-refractivity contribution is -0.119. The van der Waals surface area contributed by atoms with Crippen LogP contribution in [0.25, 0.3) is 0 Å². The van der Waals surface area contributed by atoms with Crippen LogP contribution in [0.1, 0.15) is 49.0 Å². The predicted molar refractivity (Wildman–Crippen MR) is 108 cm³/mol. The van der Waals surface area contributed by atoms with Crippen molar-refractivity contribution in [3.63, 3.8) is 0 Å². The van der Waals surface area contributed by atoms with Crippen LogP contribution in [0.15, 0.2) is 42.5 Å². The van der Waals surface area contributed by atoms with Crippen LogP contribution in [0.3, 0.4) is 0 Å². The van der Waals surface area contributed by atoms with Crippen LogP contribution in [0, 0.1) is 0 Å². The van der Waals surface area contributed by atoms with Crippen molar-refractivity contribution >= 4 is 17.6 Å². The number of ether oxygens (including phenoxy) is 3. The number of anilines is 1. The highest BCUT2D eigenvalue weighted by molar-refractivity contribution is 5.95. The molecule has 0 spiro atoms. The number of carbonyl (C=O) groups is 2. The molecule has 0 aliphatic heterocycles. The Kier molecular flexibility index (Phi) is 7.87. The minimum atomic E-state index is -0.608. The first-order valence-corrected chi connectivity index (χ1v) is 9.36. The second-order valence-corrected chi connectivity index (χ2v) is 6.35. The first-order chi connectivity index (χ1) is 13.5. The third kappa shape index (κ3) is 5.74. The third-order valence-corrected chi connectivity index (χ3v) is 4.41. The molecule has 0 aliphatic rings. The molecule has 28 heavy (non-hydrogen) atoms. The zero-order chi connectivity index (χ0) is 20.5. The van der Waals surface area contributed by atoms with Crippen LogP contribution in [0.5, 0.6) is 11.5 Å². The number of amides is 1. The van der Waals surface area contributed by atoms with Crippen molar-refractivity contribution < 1.29 is 23.8 Å². The van der Waals surface area contributed by atoms with Crippen LogP contribution < -0.4 is 14.8 Å². The summed E-state index contributed by atoms with van der Waals surface area (Å²) in [5.74, 6) is 0.435. The molecule has 0 unspecified atom stereocenters. The van der Waals surface area contributed by atoms with Crippen molar-refractivity contribution in [3.05, 3.63) is 53.6 Å².